The number of aromatic nitrogens is 1. The van der Waals surface area contributed by atoms with Gasteiger partial charge in [-0.2, -0.15) is 0 Å². The van der Waals surface area contributed by atoms with Crippen LogP contribution in [-0.2, 0) is 5.75 Å². The lowest BCUT2D eigenvalue weighted by molar-refractivity contribution is -0.932. The van der Waals surface area contributed by atoms with Crippen molar-refractivity contribution in [2.45, 2.75) is 17.7 Å². The van der Waals surface area contributed by atoms with Crippen molar-refractivity contribution in [3.63, 3.8) is 0 Å². The molecule has 1 N–H and O–H groups in total. The van der Waals surface area contributed by atoms with Crippen LogP contribution in [0.4, 0.5) is 0 Å². The van der Waals surface area contributed by atoms with Crippen molar-refractivity contribution in [1.29, 1.82) is 0 Å². The van der Waals surface area contributed by atoms with Gasteiger partial charge >= 0.3 is 0 Å². The zero-order valence-electron chi connectivity index (χ0n) is 9.73. The molecule has 94 valence electrons. The van der Waals surface area contributed by atoms with E-state index in [2.05, 4.69) is 0 Å². The maximum atomic E-state index is 9.74. The van der Waals surface area contributed by atoms with E-state index in [0.29, 0.717) is 15.8 Å². The smallest absolute Gasteiger partial charge is 0.284 e. The first-order chi connectivity index (χ1) is 8.59. The monoisotopic (exact) mass is 300 g/mol. The maximum Gasteiger partial charge on any atom is 0.294 e. The molecule has 0 radical (unpaired) electrons. The fourth-order valence-corrected chi connectivity index (χ4v) is 3.35. The topological polar surface area (TPSA) is 24.1 Å². The highest BCUT2D eigenvalue weighted by Crippen LogP contribution is 2.31. The quantitative estimate of drug-likeness (QED) is 0.524. The molecule has 2 rings (SSSR count). The largest absolute Gasteiger partial charge is 0.294 e. The predicted octanol–water partition coefficient (Wildman–Crippen LogP) is 4.12. The minimum Gasteiger partial charge on any atom is -0.284 e. The lowest BCUT2D eigenvalue weighted by Gasteiger charge is -2.05. The summed E-state index contributed by atoms with van der Waals surface area (Å²) < 4.78 is 1.12. The van der Waals surface area contributed by atoms with Gasteiger partial charge in [0.25, 0.3) is 5.03 Å². The third-order valence-corrected chi connectivity index (χ3v) is 4.46. The van der Waals surface area contributed by atoms with Gasteiger partial charge < -0.3 is 0 Å². The molecule has 1 heterocycles. The van der Waals surface area contributed by atoms with E-state index in [1.165, 1.54) is 11.8 Å². The van der Waals surface area contributed by atoms with Crippen molar-refractivity contribution in [3.8, 4) is 0 Å². The predicted molar refractivity (Wildman–Crippen MR) is 74.6 cm³/mol. The third-order valence-electron chi connectivity index (χ3n) is 2.53. The summed E-state index contributed by atoms with van der Waals surface area (Å²) in [6.07, 6.45) is 1.60. The zero-order valence-corrected chi connectivity index (χ0v) is 12.1. The molecule has 0 aliphatic heterocycles. The van der Waals surface area contributed by atoms with Crippen LogP contribution in [0, 0.1) is 6.92 Å². The van der Waals surface area contributed by atoms with Gasteiger partial charge in [0.05, 0.1) is 0 Å². The van der Waals surface area contributed by atoms with Crippen LogP contribution >= 0.6 is 35.0 Å². The van der Waals surface area contributed by atoms with E-state index in [0.717, 1.165) is 20.9 Å². The summed E-state index contributed by atoms with van der Waals surface area (Å²) in [7, 11) is 0. The summed E-state index contributed by atoms with van der Waals surface area (Å²) in [6.45, 7) is 1.95. The fraction of sp³-hybridized carbons (Fsp3) is 0.154. The fourth-order valence-electron chi connectivity index (χ4n) is 1.58. The number of rotatable bonds is 3. The average Bonchev–Trinajstić information content (AvgIpc) is 2.31. The highest BCUT2D eigenvalue weighted by molar-refractivity contribution is 7.98. The third kappa shape index (κ3) is 2.91. The SMILES string of the molecule is Cc1ccc[n+](O)c1SCc1c(Cl)cccc1Cl. The number of thioether (sulfide) groups is 1. The zero-order chi connectivity index (χ0) is 13.1. The number of hydrogen-bond donors (Lipinski definition) is 1. The molecule has 0 saturated heterocycles. The Hall–Kier alpha value is -0.900. The molecule has 1 aromatic heterocycles. The maximum absolute atomic E-state index is 9.74. The van der Waals surface area contributed by atoms with E-state index in [9.17, 15) is 5.21 Å². The van der Waals surface area contributed by atoms with Crippen molar-refractivity contribution in [3.05, 3.63) is 57.7 Å². The summed E-state index contributed by atoms with van der Waals surface area (Å²) in [5.74, 6) is 0.615. The van der Waals surface area contributed by atoms with E-state index in [1.807, 2.05) is 31.2 Å². The minimum absolute atomic E-state index is 0.615. The summed E-state index contributed by atoms with van der Waals surface area (Å²) in [4.78, 5) is 0. The van der Waals surface area contributed by atoms with E-state index < -0.39 is 0 Å². The van der Waals surface area contributed by atoms with Gasteiger partial charge in [0.1, 0.15) is 0 Å². The minimum atomic E-state index is 0.615. The van der Waals surface area contributed by atoms with Crippen molar-refractivity contribution in [2.75, 3.05) is 0 Å². The molecule has 0 spiro atoms. The molecule has 0 atom stereocenters. The average molecular weight is 301 g/mol. The van der Waals surface area contributed by atoms with Crippen LogP contribution in [0.15, 0.2) is 41.6 Å². The first-order valence-corrected chi connectivity index (χ1v) is 7.10. The Morgan fingerprint density at radius 1 is 1.17 bits per heavy atom. The van der Waals surface area contributed by atoms with Gasteiger partial charge in [-0.1, -0.05) is 29.3 Å². The molecule has 0 fully saturated rings. The number of benzene rings is 1. The lowest BCUT2D eigenvalue weighted by atomic mass is 10.2. The summed E-state index contributed by atoms with van der Waals surface area (Å²) in [6, 6.07) is 9.19. The van der Waals surface area contributed by atoms with Crippen LogP contribution < -0.4 is 4.73 Å². The first kappa shape index (κ1) is 13.5. The Balaban J connectivity index is 2.22. The molecule has 0 aliphatic carbocycles. The number of nitrogens with zero attached hydrogens (tertiary/aromatic N) is 1. The molecule has 2 aromatic rings. The van der Waals surface area contributed by atoms with E-state index in [4.69, 9.17) is 23.2 Å². The number of pyridine rings is 1. The van der Waals surface area contributed by atoms with Crippen LogP contribution in [-0.4, -0.2) is 5.21 Å². The number of aryl methyl sites for hydroxylation is 1. The van der Waals surface area contributed by atoms with Crippen molar-refractivity contribution >= 4 is 35.0 Å². The van der Waals surface area contributed by atoms with Gasteiger partial charge in [-0.25, -0.2) is 0 Å². The number of hydrogen-bond acceptors (Lipinski definition) is 2. The standard InChI is InChI=1S/C13H12Cl2NOS/c1-9-4-3-7-16(17)13(9)18-8-10-11(14)5-2-6-12(10)15/h2-7,17H,8H2,1H3/q+1. The normalized spacial score (nSPS) is 10.6. The van der Waals surface area contributed by atoms with Crippen LogP contribution in [0.2, 0.25) is 10.0 Å². The highest BCUT2D eigenvalue weighted by Gasteiger charge is 2.15. The molecule has 0 saturated carbocycles. The molecule has 0 unspecified atom stereocenters. The van der Waals surface area contributed by atoms with Crippen LogP contribution in [0.1, 0.15) is 11.1 Å². The first-order valence-electron chi connectivity index (χ1n) is 5.36. The van der Waals surface area contributed by atoms with Crippen molar-refractivity contribution in [1.82, 2.24) is 0 Å². The molecular formula is C13H12Cl2NOS+. The summed E-state index contributed by atoms with van der Waals surface area (Å²) in [5, 5.41) is 11.8. The summed E-state index contributed by atoms with van der Waals surface area (Å²) >= 11 is 13.7. The molecular weight excluding hydrogens is 289 g/mol. The lowest BCUT2D eigenvalue weighted by Crippen LogP contribution is -2.32. The second kappa shape index (κ2) is 5.83. The van der Waals surface area contributed by atoms with Gasteiger partial charge in [0.2, 0.25) is 6.20 Å². The van der Waals surface area contributed by atoms with Crippen molar-refractivity contribution < 1.29 is 9.94 Å². The second-order valence-corrected chi connectivity index (χ2v) is 5.61. The molecule has 0 amide bonds. The molecule has 0 aliphatic rings. The molecule has 5 heteroatoms. The Morgan fingerprint density at radius 2 is 1.83 bits per heavy atom. The molecule has 18 heavy (non-hydrogen) atoms. The van der Waals surface area contributed by atoms with E-state index in [-0.39, 0.29) is 0 Å². The van der Waals surface area contributed by atoms with Gasteiger partial charge in [-0.3, -0.25) is 5.21 Å². The van der Waals surface area contributed by atoms with E-state index >= 15 is 0 Å². The highest BCUT2D eigenvalue weighted by atomic mass is 35.5. The Morgan fingerprint density at radius 3 is 2.44 bits per heavy atom. The van der Waals surface area contributed by atoms with Gasteiger partial charge in [-0.05, 0) is 42.4 Å². The Labute approximate surface area is 120 Å². The molecule has 2 nitrogen and oxygen atoms in total. The Bertz CT molecular complexity index is 483. The van der Waals surface area contributed by atoms with Gasteiger partial charge in [-0.15, -0.1) is 0 Å². The van der Waals surface area contributed by atoms with E-state index in [1.54, 1.807) is 12.3 Å². The molecule has 0 bridgehead atoms. The van der Waals surface area contributed by atoms with Crippen LogP contribution in [0.25, 0.3) is 0 Å². The summed E-state index contributed by atoms with van der Waals surface area (Å²) in [5.41, 5.74) is 1.89. The van der Waals surface area contributed by atoms with Crippen LogP contribution in [0.5, 0.6) is 0 Å². The van der Waals surface area contributed by atoms with Gasteiger partial charge in [0, 0.05) is 32.2 Å². The van der Waals surface area contributed by atoms with Gasteiger partial charge in [0.15, 0.2) is 0 Å². The Kier molecular flexibility index (Phi) is 4.38. The van der Waals surface area contributed by atoms with Crippen LogP contribution in [0.3, 0.4) is 0 Å². The molecule has 1 aromatic carbocycles. The number of halogens is 2. The van der Waals surface area contributed by atoms with Crippen molar-refractivity contribution in [2.24, 2.45) is 0 Å². The second-order valence-electron chi connectivity index (χ2n) is 3.83.